The van der Waals surface area contributed by atoms with Gasteiger partial charge in [0.15, 0.2) is 0 Å². The molecule has 1 rings (SSSR count). The number of hydrogen-bond donors (Lipinski definition) is 1. The standard InChI is InChI=1S/C12H18N/c1-3-12(4-2)13-10-11-8-6-5-7-9-11/h5-6,8-9,12-13H,3-4,10H2,1-2H3. The molecule has 1 heteroatoms. The topological polar surface area (TPSA) is 12.0 Å². The van der Waals surface area contributed by atoms with Gasteiger partial charge in [-0.3, -0.25) is 0 Å². The lowest BCUT2D eigenvalue weighted by atomic mass is 10.1. The van der Waals surface area contributed by atoms with Crippen molar-refractivity contribution >= 4 is 0 Å². The molecule has 1 N–H and O–H groups in total. The molecule has 0 unspecified atom stereocenters. The highest BCUT2D eigenvalue weighted by Crippen LogP contribution is 2.01. The maximum absolute atomic E-state index is 3.52. The van der Waals surface area contributed by atoms with E-state index in [1.54, 1.807) is 0 Å². The van der Waals surface area contributed by atoms with Gasteiger partial charge in [-0.2, -0.15) is 0 Å². The van der Waals surface area contributed by atoms with E-state index in [-0.39, 0.29) is 0 Å². The maximum Gasteiger partial charge on any atom is 0.0208 e. The molecule has 1 radical (unpaired) electrons. The van der Waals surface area contributed by atoms with Gasteiger partial charge in [0.1, 0.15) is 0 Å². The minimum absolute atomic E-state index is 0.653. The minimum atomic E-state index is 0.653. The SMILES string of the molecule is CCC(CC)NCc1c[c]ccc1. The highest BCUT2D eigenvalue weighted by molar-refractivity contribution is 5.13. The largest absolute Gasteiger partial charge is 0.310 e. The summed E-state index contributed by atoms with van der Waals surface area (Å²) >= 11 is 0. The van der Waals surface area contributed by atoms with E-state index in [0.717, 1.165) is 6.54 Å². The van der Waals surface area contributed by atoms with Gasteiger partial charge >= 0.3 is 0 Å². The van der Waals surface area contributed by atoms with Crippen LogP contribution < -0.4 is 5.32 Å². The second-order valence-corrected chi connectivity index (χ2v) is 3.31. The Morgan fingerprint density at radius 1 is 1.38 bits per heavy atom. The Kier molecular flexibility index (Phi) is 4.55. The van der Waals surface area contributed by atoms with Gasteiger partial charge in [0.25, 0.3) is 0 Å². The second kappa shape index (κ2) is 5.76. The van der Waals surface area contributed by atoms with Gasteiger partial charge in [0.05, 0.1) is 0 Å². The summed E-state index contributed by atoms with van der Waals surface area (Å²) in [5.41, 5.74) is 1.31. The molecule has 0 bridgehead atoms. The fourth-order valence-corrected chi connectivity index (χ4v) is 1.38. The van der Waals surface area contributed by atoms with E-state index in [0.29, 0.717) is 6.04 Å². The molecular weight excluding hydrogens is 158 g/mol. The van der Waals surface area contributed by atoms with Crippen LogP contribution >= 0.6 is 0 Å². The van der Waals surface area contributed by atoms with Crippen LogP contribution in [0.25, 0.3) is 0 Å². The van der Waals surface area contributed by atoms with Crippen molar-refractivity contribution in [3.8, 4) is 0 Å². The lowest BCUT2D eigenvalue weighted by molar-refractivity contribution is 0.484. The van der Waals surface area contributed by atoms with E-state index in [4.69, 9.17) is 0 Å². The quantitative estimate of drug-likeness (QED) is 0.727. The zero-order valence-corrected chi connectivity index (χ0v) is 8.51. The summed E-state index contributed by atoms with van der Waals surface area (Å²) in [7, 11) is 0. The van der Waals surface area contributed by atoms with Crippen LogP contribution in [0.1, 0.15) is 32.3 Å². The van der Waals surface area contributed by atoms with E-state index in [1.807, 2.05) is 18.2 Å². The molecule has 1 aromatic rings. The van der Waals surface area contributed by atoms with Crippen molar-refractivity contribution in [2.24, 2.45) is 0 Å². The molecule has 0 aliphatic rings. The number of benzene rings is 1. The van der Waals surface area contributed by atoms with Crippen LogP contribution in [0.2, 0.25) is 0 Å². The highest BCUT2D eigenvalue weighted by Gasteiger charge is 2.00. The van der Waals surface area contributed by atoms with Crippen molar-refractivity contribution in [3.05, 3.63) is 35.9 Å². The molecule has 0 heterocycles. The number of nitrogens with one attached hydrogen (secondary N) is 1. The maximum atomic E-state index is 3.52. The Balaban J connectivity index is 2.34. The Bertz CT molecular complexity index is 214. The molecule has 0 aliphatic carbocycles. The van der Waals surface area contributed by atoms with Gasteiger partial charge in [-0.15, -0.1) is 0 Å². The van der Waals surface area contributed by atoms with Crippen LogP contribution in [0, 0.1) is 6.07 Å². The van der Waals surface area contributed by atoms with Gasteiger partial charge in [0, 0.05) is 12.6 Å². The van der Waals surface area contributed by atoms with Crippen molar-refractivity contribution in [2.75, 3.05) is 0 Å². The summed E-state index contributed by atoms with van der Waals surface area (Å²) in [5, 5.41) is 3.52. The van der Waals surface area contributed by atoms with E-state index in [1.165, 1.54) is 18.4 Å². The van der Waals surface area contributed by atoms with Crippen LogP contribution in [0.5, 0.6) is 0 Å². The molecule has 0 atom stereocenters. The molecule has 0 spiro atoms. The molecular formula is C12H18N. The fourth-order valence-electron chi connectivity index (χ4n) is 1.38. The van der Waals surface area contributed by atoms with Gasteiger partial charge in [-0.1, -0.05) is 32.0 Å². The molecule has 0 aliphatic heterocycles. The van der Waals surface area contributed by atoms with Gasteiger partial charge < -0.3 is 5.32 Å². The second-order valence-electron chi connectivity index (χ2n) is 3.31. The summed E-state index contributed by atoms with van der Waals surface area (Å²) in [4.78, 5) is 0. The lowest BCUT2D eigenvalue weighted by Crippen LogP contribution is -2.26. The van der Waals surface area contributed by atoms with Crippen molar-refractivity contribution in [1.29, 1.82) is 0 Å². The van der Waals surface area contributed by atoms with E-state index < -0.39 is 0 Å². The van der Waals surface area contributed by atoms with Crippen molar-refractivity contribution < 1.29 is 0 Å². The summed E-state index contributed by atoms with van der Waals surface area (Å²) in [6.45, 7) is 5.40. The molecule has 71 valence electrons. The van der Waals surface area contributed by atoms with Crippen LogP contribution in [0.3, 0.4) is 0 Å². The third kappa shape index (κ3) is 3.60. The van der Waals surface area contributed by atoms with Crippen molar-refractivity contribution in [1.82, 2.24) is 5.32 Å². The average Bonchev–Trinajstić information content (AvgIpc) is 2.21. The first kappa shape index (κ1) is 10.3. The zero-order chi connectivity index (χ0) is 9.52. The molecule has 1 nitrogen and oxygen atoms in total. The molecule has 13 heavy (non-hydrogen) atoms. The number of rotatable bonds is 5. The predicted octanol–water partition coefficient (Wildman–Crippen LogP) is 2.76. The van der Waals surface area contributed by atoms with E-state index in [9.17, 15) is 0 Å². The summed E-state index contributed by atoms with van der Waals surface area (Å²) in [6.07, 6.45) is 2.40. The summed E-state index contributed by atoms with van der Waals surface area (Å²) < 4.78 is 0. The van der Waals surface area contributed by atoms with E-state index >= 15 is 0 Å². The van der Waals surface area contributed by atoms with Crippen LogP contribution in [0.15, 0.2) is 24.3 Å². The van der Waals surface area contributed by atoms with E-state index in [2.05, 4.69) is 31.3 Å². The molecule has 0 aromatic heterocycles. The summed E-state index contributed by atoms with van der Waals surface area (Å²) in [6, 6.07) is 11.9. The predicted molar refractivity (Wildman–Crippen MR) is 56.5 cm³/mol. The first-order valence-corrected chi connectivity index (χ1v) is 5.05. The Hall–Kier alpha value is -0.820. The van der Waals surface area contributed by atoms with Crippen LogP contribution in [0.4, 0.5) is 0 Å². The summed E-state index contributed by atoms with van der Waals surface area (Å²) in [5.74, 6) is 0. The Morgan fingerprint density at radius 2 is 2.15 bits per heavy atom. The Morgan fingerprint density at radius 3 is 2.69 bits per heavy atom. The van der Waals surface area contributed by atoms with Crippen molar-refractivity contribution in [3.63, 3.8) is 0 Å². The minimum Gasteiger partial charge on any atom is -0.310 e. The monoisotopic (exact) mass is 176 g/mol. The van der Waals surface area contributed by atoms with Gasteiger partial charge in [-0.05, 0) is 30.5 Å². The first-order valence-electron chi connectivity index (χ1n) is 5.05. The molecule has 0 saturated carbocycles. The first-order chi connectivity index (χ1) is 6.36. The third-order valence-corrected chi connectivity index (χ3v) is 2.35. The third-order valence-electron chi connectivity index (χ3n) is 2.35. The average molecular weight is 176 g/mol. The Labute approximate surface area is 81.2 Å². The normalized spacial score (nSPS) is 10.7. The molecule has 0 amide bonds. The van der Waals surface area contributed by atoms with Crippen molar-refractivity contribution in [2.45, 2.75) is 39.3 Å². The highest BCUT2D eigenvalue weighted by atomic mass is 14.9. The lowest BCUT2D eigenvalue weighted by Gasteiger charge is -2.14. The molecule has 1 aromatic carbocycles. The molecule has 0 saturated heterocycles. The smallest absolute Gasteiger partial charge is 0.0208 e. The van der Waals surface area contributed by atoms with Gasteiger partial charge in [-0.25, -0.2) is 0 Å². The number of hydrogen-bond acceptors (Lipinski definition) is 1. The van der Waals surface area contributed by atoms with Crippen LogP contribution in [-0.4, -0.2) is 6.04 Å². The zero-order valence-electron chi connectivity index (χ0n) is 8.51. The van der Waals surface area contributed by atoms with Gasteiger partial charge in [0.2, 0.25) is 0 Å². The fraction of sp³-hybridized carbons (Fsp3) is 0.500. The molecule has 0 fully saturated rings. The van der Waals surface area contributed by atoms with Crippen LogP contribution in [-0.2, 0) is 6.54 Å².